The van der Waals surface area contributed by atoms with Crippen LogP contribution in [-0.2, 0) is 9.53 Å². The number of carbonyl (C=O) groups is 1. The van der Waals surface area contributed by atoms with Crippen LogP contribution in [0.2, 0.25) is 0 Å². The number of ether oxygens (including phenoxy) is 1. The van der Waals surface area contributed by atoms with Crippen molar-refractivity contribution in [3.8, 4) is 0 Å². The molecule has 32 heavy (non-hydrogen) atoms. The van der Waals surface area contributed by atoms with E-state index in [4.69, 9.17) is 4.74 Å². The molecular weight excluding hydrogens is 402 g/mol. The van der Waals surface area contributed by atoms with Crippen LogP contribution in [0.3, 0.4) is 0 Å². The zero-order valence-electron chi connectivity index (χ0n) is 20.0. The van der Waals surface area contributed by atoms with Gasteiger partial charge >= 0.3 is 0 Å². The lowest BCUT2D eigenvalue weighted by atomic mass is 9.51. The number of fused-ring (bicyclic) bond motifs is 6. The maximum absolute atomic E-state index is 13.2. The van der Waals surface area contributed by atoms with Crippen molar-refractivity contribution in [1.29, 1.82) is 0 Å². The molecule has 5 heteroatoms. The molecule has 0 bridgehead atoms. The van der Waals surface area contributed by atoms with Gasteiger partial charge in [0.25, 0.3) is 0 Å². The van der Waals surface area contributed by atoms with Crippen LogP contribution in [0.15, 0.2) is 12.2 Å². The second-order valence-corrected chi connectivity index (χ2v) is 12.8. The molecule has 2 heterocycles. The molecule has 0 aromatic carbocycles. The summed E-state index contributed by atoms with van der Waals surface area (Å²) in [5, 5.41) is 26.3. The lowest BCUT2D eigenvalue weighted by molar-refractivity contribution is -0.145. The van der Waals surface area contributed by atoms with Gasteiger partial charge in [-0.3, -0.25) is 4.79 Å². The van der Waals surface area contributed by atoms with Crippen molar-refractivity contribution in [3.05, 3.63) is 12.2 Å². The zero-order chi connectivity index (χ0) is 22.6. The van der Waals surface area contributed by atoms with E-state index in [1.54, 1.807) is 0 Å². The summed E-state index contributed by atoms with van der Waals surface area (Å²) in [5.41, 5.74) is -0.629. The first-order valence-corrected chi connectivity index (χ1v) is 13.1. The molecule has 2 aliphatic heterocycles. The molecule has 5 nitrogen and oxygen atoms in total. The summed E-state index contributed by atoms with van der Waals surface area (Å²) in [5.74, 6) is 1.79. The molecule has 2 saturated heterocycles. The average Bonchev–Trinajstić information content (AvgIpc) is 3.20. The average molecular weight is 444 g/mol. The van der Waals surface area contributed by atoms with Crippen LogP contribution in [0.1, 0.15) is 72.1 Å². The minimum atomic E-state index is -0.949. The van der Waals surface area contributed by atoms with E-state index in [1.165, 1.54) is 0 Å². The number of Topliss-reactive ketones (excluding diaryl/α,β-unsaturated/α-hetero) is 1. The zero-order valence-corrected chi connectivity index (χ0v) is 20.0. The monoisotopic (exact) mass is 443 g/mol. The largest absolute Gasteiger partial charge is 0.393 e. The van der Waals surface area contributed by atoms with Crippen molar-refractivity contribution in [2.75, 3.05) is 6.54 Å². The van der Waals surface area contributed by atoms with Gasteiger partial charge in [0.05, 0.1) is 23.4 Å². The lowest BCUT2D eigenvalue weighted by Gasteiger charge is -2.52. The van der Waals surface area contributed by atoms with Gasteiger partial charge in [-0.1, -0.05) is 27.4 Å². The molecule has 0 aromatic rings. The van der Waals surface area contributed by atoms with Crippen LogP contribution in [0, 0.1) is 40.9 Å². The van der Waals surface area contributed by atoms with Crippen molar-refractivity contribution < 1.29 is 19.7 Å². The molecule has 178 valence electrons. The summed E-state index contributed by atoms with van der Waals surface area (Å²) in [6.45, 7) is 12.4. The molecule has 6 aliphatic rings. The van der Waals surface area contributed by atoms with E-state index in [1.807, 2.05) is 0 Å². The third-order valence-electron chi connectivity index (χ3n) is 11.4. The normalized spacial score (nSPS) is 59.5. The topological polar surface area (TPSA) is 78.8 Å². The number of nitrogens with one attached hydrogen (secondary N) is 1. The summed E-state index contributed by atoms with van der Waals surface area (Å²) in [7, 11) is 0. The Morgan fingerprint density at radius 1 is 1.16 bits per heavy atom. The number of piperidine rings is 1. The predicted molar refractivity (Wildman–Crippen MR) is 122 cm³/mol. The Balaban J connectivity index is 1.33. The van der Waals surface area contributed by atoms with Gasteiger partial charge in [-0.25, -0.2) is 0 Å². The highest BCUT2D eigenvalue weighted by Crippen LogP contribution is 2.68. The van der Waals surface area contributed by atoms with Gasteiger partial charge in [0.15, 0.2) is 0 Å². The third kappa shape index (κ3) is 2.63. The summed E-state index contributed by atoms with van der Waals surface area (Å²) >= 11 is 0. The van der Waals surface area contributed by atoms with E-state index in [0.717, 1.165) is 44.2 Å². The van der Waals surface area contributed by atoms with Crippen molar-refractivity contribution in [2.45, 2.75) is 102 Å². The highest BCUT2D eigenvalue weighted by molar-refractivity contribution is 5.83. The van der Waals surface area contributed by atoms with Gasteiger partial charge in [0.2, 0.25) is 0 Å². The number of rotatable bonds is 0. The molecule has 4 aliphatic carbocycles. The van der Waals surface area contributed by atoms with Gasteiger partial charge in [-0.05, 0) is 86.2 Å². The molecule has 3 N–H and O–H groups in total. The van der Waals surface area contributed by atoms with Crippen LogP contribution in [-0.4, -0.2) is 52.0 Å². The van der Waals surface area contributed by atoms with Crippen molar-refractivity contribution in [2.24, 2.45) is 40.9 Å². The summed E-state index contributed by atoms with van der Waals surface area (Å²) < 4.78 is 6.86. The summed E-state index contributed by atoms with van der Waals surface area (Å²) in [4.78, 5) is 13.2. The Morgan fingerprint density at radius 3 is 2.72 bits per heavy atom. The fourth-order valence-electron chi connectivity index (χ4n) is 9.61. The molecule has 0 radical (unpaired) electrons. The van der Waals surface area contributed by atoms with E-state index >= 15 is 0 Å². The van der Waals surface area contributed by atoms with Gasteiger partial charge in [0, 0.05) is 24.3 Å². The molecule has 12 atom stereocenters. The smallest absolute Gasteiger partial charge is 0.136 e. The Labute approximate surface area is 192 Å². The van der Waals surface area contributed by atoms with Gasteiger partial charge in [0.1, 0.15) is 5.78 Å². The molecule has 1 unspecified atom stereocenters. The third-order valence-corrected chi connectivity index (χ3v) is 11.4. The fourth-order valence-corrected chi connectivity index (χ4v) is 9.61. The first-order valence-electron chi connectivity index (χ1n) is 13.1. The van der Waals surface area contributed by atoms with Crippen LogP contribution in [0.4, 0.5) is 0 Å². The minimum Gasteiger partial charge on any atom is -0.393 e. The van der Waals surface area contributed by atoms with Crippen LogP contribution in [0.25, 0.3) is 0 Å². The lowest BCUT2D eigenvalue weighted by Crippen LogP contribution is -2.55. The maximum atomic E-state index is 13.2. The molecule has 4 saturated carbocycles. The Morgan fingerprint density at radius 2 is 1.94 bits per heavy atom. The van der Waals surface area contributed by atoms with Crippen LogP contribution >= 0.6 is 0 Å². The second kappa shape index (κ2) is 6.90. The number of carbonyl (C=O) groups excluding carboxylic acids is 1. The highest BCUT2D eigenvalue weighted by Gasteiger charge is 2.70. The van der Waals surface area contributed by atoms with Crippen LogP contribution < -0.4 is 5.32 Å². The van der Waals surface area contributed by atoms with Crippen LogP contribution in [0.5, 0.6) is 0 Å². The standard InChI is InChI=1S/C27H41NO4/c1-14-9-23-24(28-13-14)15(2)27(32-23)8-6-19-18-11-22(30)20-10-17(29)5-7-25(20,4)21(18)12-26(19,31)16(27)3/h14-15,17-21,23-24,28-29,31H,3,5-13H2,1-2,4H3/t14-,15+,17-,18-,19-,20+,21-,23+,24-,25-,26+,27?/m0/s1. The first-order chi connectivity index (χ1) is 15.1. The number of aliphatic hydroxyl groups is 2. The van der Waals surface area contributed by atoms with E-state index < -0.39 is 11.2 Å². The Hall–Kier alpha value is -0.750. The minimum absolute atomic E-state index is 0.0614. The van der Waals surface area contributed by atoms with E-state index in [-0.39, 0.29) is 41.3 Å². The van der Waals surface area contributed by atoms with E-state index in [2.05, 4.69) is 32.7 Å². The summed E-state index contributed by atoms with van der Waals surface area (Å²) in [6.07, 6.45) is 6.23. The van der Waals surface area contributed by atoms with Gasteiger partial charge in [-0.15, -0.1) is 0 Å². The van der Waals surface area contributed by atoms with Gasteiger partial charge < -0.3 is 20.3 Å². The molecule has 6 rings (SSSR count). The SMILES string of the molecule is C=C1C2(CC[C@H]3[C@@H]4CC(=O)[C@H]5C[C@@H](O)CC[C@]5(C)[C@H]4C[C@@]13O)O[C@@H]1C[C@H](C)CN[C@H]1[C@H]2C. The first kappa shape index (κ1) is 21.8. The summed E-state index contributed by atoms with van der Waals surface area (Å²) in [6, 6.07) is 0.329. The second-order valence-electron chi connectivity index (χ2n) is 12.8. The number of aliphatic hydroxyl groups excluding tert-OH is 1. The number of hydrogen-bond acceptors (Lipinski definition) is 5. The number of hydrogen-bond donors (Lipinski definition) is 3. The van der Waals surface area contributed by atoms with E-state index in [9.17, 15) is 15.0 Å². The van der Waals surface area contributed by atoms with Crippen molar-refractivity contribution >= 4 is 5.78 Å². The van der Waals surface area contributed by atoms with Crippen molar-refractivity contribution in [3.63, 3.8) is 0 Å². The number of ketones is 1. The molecule has 0 amide bonds. The Kier molecular flexibility index (Phi) is 4.69. The molecule has 1 spiro atoms. The fraction of sp³-hybridized carbons (Fsp3) is 0.889. The molecule has 6 fully saturated rings. The maximum Gasteiger partial charge on any atom is 0.136 e. The molecule has 0 aromatic heterocycles. The highest BCUT2D eigenvalue weighted by atomic mass is 16.5. The Bertz CT molecular complexity index is 844. The quantitative estimate of drug-likeness (QED) is 0.501. The van der Waals surface area contributed by atoms with Gasteiger partial charge in [-0.2, -0.15) is 0 Å². The molecular formula is C27H41NO4. The van der Waals surface area contributed by atoms with E-state index in [0.29, 0.717) is 42.9 Å². The van der Waals surface area contributed by atoms with Crippen molar-refractivity contribution in [1.82, 2.24) is 5.32 Å². The predicted octanol–water partition coefficient (Wildman–Crippen LogP) is 3.23.